The summed E-state index contributed by atoms with van der Waals surface area (Å²) in [5.74, 6) is -1.91. The molecule has 5 rings (SSSR count). The second-order valence-corrected chi connectivity index (χ2v) is 7.92. The second-order valence-electron chi connectivity index (χ2n) is 7.92. The fourth-order valence-corrected chi connectivity index (χ4v) is 5.22. The minimum atomic E-state index is -1.07. The van der Waals surface area contributed by atoms with Crippen LogP contribution in [-0.2, 0) is 16.0 Å². The van der Waals surface area contributed by atoms with Crippen molar-refractivity contribution in [3.63, 3.8) is 0 Å². The maximum Gasteiger partial charge on any atom is 0.352 e. The molecule has 1 fully saturated rings. The van der Waals surface area contributed by atoms with Crippen molar-refractivity contribution in [1.29, 1.82) is 0 Å². The molecule has 0 radical (unpaired) electrons. The zero-order chi connectivity index (χ0) is 19.6. The first-order valence-electron chi connectivity index (χ1n) is 9.66. The van der Waals surface area contributed by atoms with E-state index in [9.17, 15) is 19.8 Å². The number of rotatable bonds is 3. The van der Waals surface area contributed by atoms with Gasteiger partial charge in [-0.1, -0.05) is 42.5 Å². The number of carboxylic acid groups (broad SMARTS) is 1. The molecule has 2 N–H and O–H groups in total. The molecule has 1 aliphatic carbocycles. The summed E-state index contributed by atoms with van der Waals surface area (Å²) >= 11 is 0. The van der Waals surface area contributed by atoms with Gasteiger partial charge >= 0.3 is 5.97 Å². The molecule has 0 bridgehead atoms. The molecular weight excluding hydrogens is 354 g/mol. The van der Waals surface area contributed by atoms with E-state index in [0.29, 0.717) is 0 Å². The van der Waals surface area contributed by atoms with E-state index < -0.39 is 18.0 Å². The van der Waals surface area contributed by atoms with Crippen molar-refractivity contribution in [2.45, 2.75) is 31.9 Å². The second kappa shape index (κ2) is 6.04. The number of carboxylic acids is 1. The summed E-state index contributed by atoms with van der Waals surface area (Å²) in [6.07, 6.45) is 0.859. The first kappa shape index (κ1) is 17.2. The Balaban J connectivity index is 1.67. The number of benzene rings is 2. The minimum absolute atomic E-state index is 0.0399. The Morgan fingerprint density at radius 1 is 1.14 bits per heavy atom. The number of aliphatic hydroxyl groups excluding tert-OH is 1. The smallest absolute Gasteiger partial charge is 0.352 e. The monoisotopic (exact) mass is 375 g/mol. The molecule has 1 unspecified atom stereocenters. The lowest BCUT2D eigenvalue weighted by atomic mass is 9.70. The quantitative estimate of drug-likeness (QED) is 0.809. The molecule has 2 aromatic carbocycles. The van der Waals surface area contributed by atoms with Crippen LogP contribution in [-0.4, -0.2) is 39.1 Å². The first-order valence-corrected chi connectivity index (χ1v) is 9.66. The van der Waals surface area contributed by atoms with Gasteiger partial charge in [0.2, 0.25) is 5.91 Å². The predicted molar refractivity (Wildman–Crippen MR) is 104 cm³/mol. The lowest BCUT2D eigenvalue weighted by Gasteiger charge is -2.47. The Morgan fingerprint density at radius 2 is 1.89 bits per heavy atom. The van der Waals surface area contributed by atoms with Gasteiger partial charge in [-0.3, -0.25) is 4.79 Å². The number of β-lactam (4-membered cyclic amide) rings is 1. The zero-order valence-electron chi connectivity index (χ0n) is 15.5. The molecular formula is C23H21NO4. The first-order chi connectivity index (χ1) is 13.5. The van der Waals surface area contributed by atoms with Gasteiger partial charge in [-0.25, -0.2) is 4.79 Å². The molecule has 2 aliphatic heterocycles. The molecule has 1 saturated heterocycles. The normalized spacial score (nSPS) is 26.3. The molecule has 0 spiro atoms. The maximum atomic E-state index is 12.6. The highest BCUT2D eigenvalue weighted by Gasteiger charge is 2.61. The number of aryl methyl sites for hydroxylation is 1. The Bertz CT molecular complexity index is 1020. The molecule has 4 atom stereocenters. The average molecular weight is 375 g/mol. The zero-order valence-corrected chi connectivity index (χ0v) is 15.5. The van der Waals surface area contributed by atoms with Gasteiger partial charge in [0.1, 0.15) is 5.70 Å². The molecule has 0 aromatic heterocycles. The summed E-state index contributed by atoms with van der Waals surface area (Å²) in [6, 6.07) is 15.9. The van der Waals surface area contributed by atoms with Gasteiger partial charge in [0.05, 0.1) is 18.1 Å². The lowest BCUT2D eigenvalue weighted by molar-refractivity contribution is -0.163. The molecule has 0 saturated carbocycles. The fourth-order valence-electron chi connectivity index (χ4n) is 5.22. The van der Waals surface area contributed by atoms with E-state index in [1.165, 1.54) is 4.90 Å². The minimum Gasteiger partial charge on any atom is -0.477 e. The van der Waals surface area contributed by atoms with Crippen molar-refractivity contribution in [3.05, 3.63) is 65.4 Å². The van der Waals surface area contributed by atoms with Crippen molar-refractivity contribution in [2.75, 3.05) is 0 Å². The van der Waals surface area contributed by atoms with Gasteiger partial charge in [0.25, 0.3) is 0 Å². The van der Waals surface area contributed by atoms with Gasteiger partial charge in [-0.2, -0.15) is 0 Å². The Morgan fingerprint density at radius 3 is 2.57 bits per heavy atom. The summed E-state index contributed by atoms with van der Waals surface area (Å²) in [5, 5.41) is 20.0. The van der Waals surface area contributed by atoms with Crippen LogP contribution in [0.5, 0.6) is 0 Å². The lowest BCUT2D eigenvalue weighted by Crippen LogP contribution is -2.64. The Hall–Kier alpha value is -2.92. The van der Waals surface area contributed by atoms with Crippen molar-refractivity contribution in [1.82, 2.24) is 4.90 Å². The summed E-state index contributed by atoms with van der Waals surface area (Å²) in [7, 11) is 0. The van der Waals surface area contributed by atoms with E-state index in [4.69, 9.17) is 0 Å². The largest absolute Gasteiger partial charge is 0.477 e. The molecule has 5 heteroatoms. The number of nitrogens with zero attached hydrogens (tertiary/aromatic N) is 1. The number of hydrogen-bond acceptors (Lipinski definition) is 3. The highest BCUT2D eigenvalue weighted by molar-refractivity contribution is 6.07. The third kappa shape index (κ3) is 2.23. The van der Waals surface area contributed by atoms with Gasteiger partial charge in [0.15, 0.2) is 0 Å². The number of aliphatic carboxylic acids is 1. The van der Waals surface area contributed by atoms with Crippen LogP contribution < -0.4 is 0 Å². The molecule has 1 amide bonds. The van der Waals surface area contributed by atoms with E-state index in [1.807, 2.05) is 30.3 Å². The number of carbonyl (C=O) groups is 2. The maximum absolute atomic E-state index is 12.6. The standard InChI is InChI=1S/C23H21NO4/c1-12(25)18-20-16-10-9-14-7-8-15(13-5-3-2-4-6-13)11-17(14)19(16)21(23(27)28)24(20)22(18)26/h2-8,11-12,16,18,20,25H,9-10H2,1H3,(H,27,28)/t12-,16+,18-,20?/m1/s1. The number of hydrogen-bond donors (Lipinski definition) is 2. The average Bonchev–Trinajstić information content (AvgIpc) is 2.99. The molecule has 3 aliphatic rings. The van der Waals surface area contributed by atoms with Crippen LogP contribution >= 0.6 is 0 Å². The van der Waals surface area contributed by atoms with Crippen molar-refractivity contribution in [3.8, 4) is 11.1 Å². The van der Waals surface area contributed by atoms with Crippen LogP contribution in [0.3, 0.4) is 0 Å². The third-order valence-electron chi connectivity index (χ3n) is 6.42. The highest BCUT2D eigenvalue weighted by Crippen LogP contribution is 2.54. The Labute approximate surface area is 162 Å². The van der Waals surface area contributed by atoms with Crippen molar-refractivity contribution in [2.24, 2.45) is 11.8 Å². The molecule has 5 nitrogen and oxygen atoms in total. The van der Waals surface area contributed by atoms with Crippen LogP contribution in [0.15, 0.2) is 54.2 Å². The number of fused-ring (bicyclic) bond motifs is 5. The summed E-state index contributed by atoms with van der Waals surface area (Å²) in [5.41, 5.74) is 5.01. The van der Waals surface area contributed by atoms with Crippen LogP contribution in [0.25, 0.3) is 16.7 Å². The van der Waals surface area contributed by atoms with Gasteiger partial charge in [0, 0.05) is 5.92 Å². The third-order valence-corrected chi connectivity index (χ3v) is 6.42. The van der Waals surface area contributed by atoms with E-state index in [-0.39, 0.29) is 23.6 Å². The number of amides is 1. The SMILES string of the molecule is C[C@@H](O)[C@H]1C(=O)N2C(C(=O)O)=C3c4cc(-c5ccccc5)ccc4CC[C@@H]3C12. The highest BCUT2D eigenvalue weighted by atomic mass is 16.4. The topological polar surface area (TPSA) is 77.8 Å². The van der Waals surface area contributed by atoms with E-state index in [0.717, 1.165) is 40.7 Å². The summed E-state index contributed by atoms with van der Waals surface area (Å²) in [4.78, 5) is 26.2. The van der Waals surface area contributed by atoms with Crippen LogP contribution in [0.2, 0.25) is 0 Å². The van der Waals surface area contributed by atoms with E-state index >= 15 is 0 Å². The van der Waals surface area contributed by atoms with Gasteiger partial charge in [-0.05, 0) is 53.7 Å². The summed E-state index contributed by atoms with van der Waals surface area (Å²) < 4.78 is 0. The van der Waals surface area contributed by atoms with Crippen molar-refractivity contribution < 1.29 is 19.8 Å². The molecule has 28 heavy (non-hydrogen) atoms. The van der Waals surface area contributed by atoms with E-state index in [1.54, 1.807) is 6.92 Å². The predicted octanol–water partition coefficient (Wildman–Crippen LogP) is 2.93. The number of aliphatic hydroxyl groups is 1. The van der Waals surface area contributed by atoms with Crippen LogP contribution in [0.4, 0.5) is 0 Å². The van der Waals surface area contributed by atoms with Gasteiger partial charge < -0.3 is 15.1 Å². The van der Waals surface area contributed by atoms with Crippen LogP contribution in [0, 0.1) is 11.8 Å². The Kier molecular flexibility index (Phi) is 3.71. The molecule has 142 valence electrons. The van der Waals surface area contributed by atoms with E-state index in [2.05, 4.69) is 18.2 Å². The molecule has 2 heterocycles. The fraction of sp³-hybridized carbons (Fsp3) is 0.304. The number of carbonyl (C=O) groups excluding carboxylic acids is 1. The summed E-state index contributed by atoms with van der Waals surface area (Å²) in [6.45, 7) is 1.61. The van der Waals surface area contributed by atoms with Crippen molar-refractivity contribution >= 4 is 17.4 Å². The van der Waals surface area contributed by atoms with Crippen LogP contribution in [0.1, 0.15) is 24.5 Å². The molecule has 2 aromatic rings. The van der Waals surface area contributed by atoms with Gasteiger partial charge in [-0.15, -0.1) is 0 Å².